The van der Waals surface area contributed by atoms with Gasteiger partial charge in [-0.3, -0.25) is 0 Å². The summed E-state index contributed by atoms with van der Waals surface area (Å²) >= 11 is 0. The molecule has 0 spiro atoms. The number of aliphatic carboxylic acids is 1. The van der Waals surface area contributed by atoms with Gasteiger partial charge < -0.3 is 9.52 Å². The molecular weight excluding hydrogens is 232 g/mol. The van der Waals surface area contributed by atoms with Crippen molar-refractivity contribution in [2.75, 3.05) is 0 Å². The molecule has 2 heterocycles. The Morgan fingerprint density at radius 1 is 1.33 bits per heavy atom. The Balaban J connectivity index is 2.41. The van der Waals surface area contributed by atoms with Crippen molar-refractivity contribution in [1.82, 2.24) is 9.97 Å². The third kappa shape index (κ3) is 2.82. The quantitative estimate of drug-likeness (QED) is 0.839. The minimum Gasteiger partial charge on any atom is -0.478 e. The second kappa shape index (κ2) is 4.83. The van der Waals surface area contributed by atoms with Gasteiger partial charge in [-0.25, -0.2) is 14.8 Å². The second-order valence-corrected chi connectivity index (χ2v) is 3.83. The van der Waals surface area contributed by atoms with E-state index in [4.69, 9.17) is 9.52 Å². The minimum atomic E-state index is -1.03. The van der Waals surface area contributed by atoms with Crippen molar-refractivity contribution in [2.24, 2.45) is 0 Å². The molecule has 0 saturated heterocycles. The third-order valence-electron chi connectivity index (χ3n) is 2.24. The Kier molecular flexibility index (Phi) is 3.23. The third-order valence-corrected chi connectivity index (χ3v) is 2.24. The molecule has 5 nitrogen and oxygen atoms in total. The molecule has 18 heavy (non-hydrogen) atoms. The van der Waals surface area contributed by atoms with Crippen molar-refractivity contribution in [3.05, 3.63) is 41.6 Å². The second-order valence-electron chi connectivity index (χ2n) is 3.83. The van der Waals surface area contributed by atoms with Crippen LogP contribution in [0.5, 0.6) is 0 Å². The molecule has 0 atom stereocenters. The first kappa shape index (κ1) is 12.0. The molecule has 1 N–H and O–H groups in total. The van der Waals surface area contributed by atoms with E-state index in [1.807, 2.05) is 26.0 Å². The van der Waals surface area contributed by atoms with Crippen LogP contribution in [0.25, 0.3) is 17.5 Å². The zero-order valence-electron chi connectivity index (χ0n) is 10.0. The van der Waals surface area contributed by atoms with Crippen LogP contribution in [0, 0.1) is 13.8 Å². The lowest BCUT2D eigenvalue weighted by atomic mass is 10.2. The summed E-state index contributed by atoms with van der Waals surface area (Å²) in [4.78, 5) is 18.8. The Hall–Kier alpha value is -2.43. The standard InChI is InChI=1S/C13H12N2O3/c1-8-7-10(11-4-3-9(2)18-11)15-12(14-8)5-6-13(16)17/h3-7H,1-2H3,(H,16,17)/b6-5+. The van der Waals surface area contributed by atoms with Crippen molar-refractivity contribution in [2.45, 2.75) is 13.8 Å². The maximum atomic E-state index is 10.5. The van der Waals surface area contributed by atoms with Gasteiger partial charge in [-0.2, -0.15) is 0 Å². The number of carbonyl (C=O) groups is 1. The molecule has 0 unspecified atom stereocenters. The Bertz CT molecular complexity index is 614. The maximum Gasteiger partial charge on any atom is 0.328 e. The average Bonchev–Trinajstić information content (AvgIpc) is 2.72. The largest absolute Gasteiger partial charge is 0.478 e. The minimum absolute atomic E-state index is 0.349. The number of rotatable bonds is 3. The van der Waals surface area contributed by atoms with Crippen LogP contribution in [-0.2, 0) is 4.79 Å². The van der Waals surface area contributed by atoms with Crippen molar-refractivity contribution in [1.29, 1.82) is 0 Å². The van der Waals surface area contributed by atoms with Crippen molar-refractivity contribution < 1.29 is 14.3 Å². The molecule has 2 rings (SSSR count). The molecule has 0 aromatic carbocycles. The molecule has 0 radical (unpaired) electrons. The Morgan fingerprint density at radius 3 is 2.72 bits per heavy atom. The van der Waals surface area contributed by atoms with Crippen LogP contribution in [-0.4, -0.2) is 21.0 Å². The zero-order valence-corrected chi connectivity index (χ0v) is 10.0. The normalized spacial score (nSPS) is 11.0. The molecule has 0 aliphatic rings. The van der Waals surface area contributed by atoms with Crippen molar-refractivity contribution >= 4 is 12.0 Å². The van der Waals surface area contributed by atoms with Gasteiger partial charge in [0.25, 0.3) is 0 Å². The fraction of sp³-hybridized carbons (Fsp3) is 0.154. The summed E-state index contributed by atoms with van der Waals surface area (Å²) in [6.45, 7) is 3.67. The summed E-state index contributed by atoms with van der Waals surface area (Å²) < 4.78 is 5.47. The molecule has 5 heteroatoms. The van der Waals surface area contributed by atoms with Crippen LogP contribution < -0.4 is 0 Å². The molecule has 0 aliphatic heterocycles. The molecular formula is C13H12N2O3. The van der Waals surface area contributed by atoms with Crippen LogP contribution in [0.3, 0.4) is 0 Å². The van der Waals surface area contributed by atoms with E-state index in [9.17, 15) is 4.79 Å². The number of aryl methyl sites for hydroxylation is 2. The van der Waals surface area contributed by atoms with Crippen molar-refractivity contribution in [3.63, 3.8) is 0 Å². The predicted molar refractivity (Wildman–Crippen MR) is 65.9 cm³/mol. The van der Waals surface area contributed by atoms with Crippen LogP contribution in [0.1, 0.15) is 17.3 Å². The number of carboxylic acid groups (broad SMARTS) is 1. The lowest BCUT2D eigenvalue weighted by Crippen LogP contribution is -1.95. The van der Waals surface area contributed by atoms with E-state index in [0.717, 1.165) is 17.5 Å². The highest BCUT2D eigenvalue weighted by Gasteiger charge is 2.06. The number of furan rings is 1. The Labute approximate surface area is 104 Å². The predicted octanol–water partition coefficient (Wildman–Crippen LogP) is 2.45. The lowest BCUT2D eigenvalue weighted by Gasteiger charge is -2.00. The summed E-state index contributed by atoms with van der Waals surface area (Å²) in [5, 5.41) is 8.57. The van der Waals surface area contributed by atoms with E-state index < -0.39 is 5.97 Å². The number of carboxylic acids is 1. The summed E-state index contributed by atoms with van der Waals surface area (Å²) in [6, 6.07) is 5.46. The molecule has 0 saturated carbocycles. The SMILES string of the molecule is Cc1cc(-c2ccc(C)o2)nc(/C=C/C(=O)O)n1. The zero-order chi connectivity index (χ0) is 13.1. The first-order valence-electron chi connectivity index (χ1n) is 5.38. The fourth-order valence-electron chi connectivity index (χ4n) is 1.51. The number of hydrogen-bond acceptors (Lipinski definition) is 4. The molecule has 2 aromatic heterocycles. The highest BCUT2D eigenvalue weighted by Crippen LogP contribution is 2.20. The Morgan fingerprint density at radius 2 is 2.11 bits per heavy atom. The monoisotopic (exact) mass is 244 g/mol. The first-order chi connectivity index (χ1) is 8.54. The van der Waals surface area contributed by atoms with Gasteiger partial charge >= 0.3 is 5.97 Å². The molecule has 0 aliphatic carbocycles. The summed E-state index contributed by atoms with van der Waals surface area (Å²) in [7, 11) is 0. The van der Waals surface area contributed by atoms with Gasteiger partial charge in [0, 0.05) is 11.8 Å². The van der Waals surface area contributed by atoms with E-state index in [1.165, 1.54) is 6.08 Å². The van der Waals surface area contributed by atoms with Crippen LogP contribution >= 0.6 is 0 Å². The van der Waals surface area contributed by atoms with Crippen LogP contribution in [0.4, 0.5) is 0 Å². The topological polar surface area (TPSA) is 76.2 Å². The van der Waals surface area contributed by atoms with Gasteiger partial charge in [-0.05, 0) is 38.1 Å². The fourth-order valence-corrected chi connectivity index (χ4v) is 1.51. The summed E-state index contributed by atoms with van der Waals surface area (Å²) in [6.07, 6.45) is 2.36. The number of nitrogens with zero attached hydrogens (tertiary/aromatic N) is 2. The molecule has 92 valence electrons. The van der Waals surface area contributed by atoms with Gasteiger partial charge in [-0.15, -0.1) is 0 Å². The van der Waals surface area contributed by atoms with Crippen LogP contribution in [0.2, 0.25) is 0 Å². The maximum absolute atomic E-state index is 10.5. The smallest absolute Gasteiger partial charge is 0.328 e. The van der Waals surface area contributed by atoms with Crippen LogP contribution in [0.15, 0.2) is 28.7 Å². The number of aromatic nitrogens is 2. The number of hydrogen-bond donors (Lipinski definition) is 1. The molecule has 0 amide bonds. The van der Waals surface area contributed by atoms with E-state index in [2.05, 4.69) is 9.97 Å². The molecule has 0 fully saturated rings. The molecule has 0 bridgehead atoms. The summed E-state index contributed by atoms with van der Waals surface area (Å²) in [5.74, 6) is 0.754. The van der Waals surface area contributed by atoms with Gasteiger partial charge in [0.1, 0.15) is 11.5 Å². The first-order valence-corrected chi connectivity index (χ1v) is 5.38. The van der Waals surface area contributed by atoms with E-state index >= 15 is 0 Å². The van der Waals surface area contributed by atoms with Crippen molar-refractivity contribution in [3.8, 4) is 11.5 Å². The van der Waals surface area contributed by atoms with Gasteiger partial charge in [0.05, 0.1) is 0 Å². The average molecular weight is 244 g/mol. The van der Waals surface area contributed by atoms with E-state index in [-0.39, 0.29) is 0 Å². The van der Waals surface area contributed by atoms with Gasteiger partial charge in [0.15, 0.2) is 11.6 Å². The van der Waals surface area contributed by atoms with E-state index in [0.29, 0.717) is 17.3 Å². The highest BCUT2D eigenvalue weighted by atomic mass is 16.4. The van der Waals surface area contributed by atoms with E-state index in [1.54, 1.807) is 6.07 Å². The summed E-state index contributed by atoms with van der Waals surface area (Å²) in [5.41, 5.74) is 1.39. The van der Waals surface area contributed by atoms with Gasteiger partial charge in [-0.1, -0.05) is 0 Å². The highest BCUT2D eigenvalue weighted by molar-refractivity contribution is 5.84. The lowest BCUT2D eigenvalue weighted by molar-refractivity contribution is -0.131. The molecule has 2 aromatic rings. The van der Waals surface area contributed by atoms with Gasteiger partial charge in [0.2, 0.25) is 0 Å².